The predicted molar refractivity (Wildman–Crippen MR) is 226 cm³/mol. The van der Waals surface area contributed by atoms with Crippen molar-refractivity contribution >= 4 is 85.3 Å². The lowest BCUT2D eigenvalue weighted by Gasteiger charge is -2.31. The minimum absolute atomic E-state index is 0.108. The maximum Gasteiger partial charge on any atom is 0.329 e. The van der Waals surface area contributed by atoms with E-state index >= 15 is 0 Å². The zero-order valence-electron chi connectivity index (χ0n) is 33.2. The lowest BCUT2D eigenvalue weighted by Crippen LogP contribution is -2.62. The first-order valence-corrected chi connectivity index (χ1v) is 20.2. The smallest absolute Gasteiger partial charge is 0.329 e. The Bertz CT molecular complexity index is 1870. The van der Waals surface area contributed by atoms with Crippen molar-refractivity contribution in [2.75, 3.05) is 0 Å². The van der Waals surface area contributed by atoms with Crippen molar-refractivity contribution in [1.29, 1.82) is 0 Å². The molecule has 0 bridgehead atoms. The lowest BCUT2D eigenvalue weighted by molar-refractivity contribution is -0.157. The largest absolute Gasteiger partial charge is 0.506 e. The van der Waals surface area contributed by atoms with E-state index in [0.717, 1.165) is 11.6 Å². The maximum absolute atomic E-state index is 13.8. The predicted octanol–water partition coefficient (Wildman–Crippen LogP) is 1.98. The van der Waals surface area contributed by atoms with Crippen LogP contribution < -0.4 is 38.1 Å². The fraction of sp³-hybridized carbons (Fsp3) is 0.400. The van der Waals surface area contributed by atoms with Crippen LogP contribution in [0, 0.1) is 11.8 Å². The van der Waals surface area contributed by atoms with E-state index < -0.39 is 108 Å². The van der Waals surface area contributed by atoms with Crippen LogP contribution in [0.1, 0.15) is 59.4 Å². The Kier molecular flexibility index (Phi) is 20.5. The zero-order chi connectivity index (χ0) is 44.4. The summed E-state index contributed by atoms with van der Waals surface area (Å²) in [7, 11) is 0. The normalized spacial score (nSPS) is 23.4. The number of primary amides is 2. The van der Waals surface area contributed by atoms with Crippen LogP contribution in [-0.4, -0.2) is 88.7 Å². The van der Waals surface area contributed by atoms with Crippen molar-refractivity contribution in [3.05, 3.63) is 81.3 Å². The third-order valence-electron chi connectivity index (χ3n) is 8.79. The summed E-state index contributed by atoms with van der Waals surface area (Å²) >= 11 is 6.58. The Hall–Kier alpha value is -5.56. The van der Waals surface area contributed by atoms with Crippen molar-refractivity contribution < 1.29 is 48.2 Å². The molecule has 10 N–H and O–H groups in total. The Balaban J connectivity index is 2.37. The van der Waals surface area contributed by atoms with E-state index in [9.17, 15) is 43.5 Å². The highest BCUT2D eigenvalue weighted by Crippen LogP contribution is 2.33. The molecule has 1 aliphatic rings. The number of rotatable bonds is 14. The van der Waals surface area contributed by atoms with Gasteiger partial charge >= 0.3 is 5.97 Å². The van der Waals surface area contributed by atoms with Crippen LogP contribution in [0.5, 0.6) is 5.75 Å². The Morgan fingerprint density at radius 2 is 1.24 bits per heavy atom. The number of carbonyl (C=O) groups is 8. The monoisotopic (exact) mass is 947 g/mol. The molecule has 0 aromatic heterocycles. The molecule has 1 heterocycles. The second-order valence-corrected chi connectivity index (χ2v) is 15.6. The zero-order valence-corrected chi connectivity index (χ0v) is 36.4. The number of hydrogen-bond acceptors (Lipinski definition) is 10. The number of aromatic hydroxyl groups is 1. The third kappa shape index (κ3) is 16.7. The summed E-state index contributed by atoms with van der Waals surface area (Å²) in [6.45, 7) is 7.87. The summed E-state index contributed by atoms with van der Waals surface area (Å²) in [4.78, 5) is 105. The molecule has 19 heteroatoms. The van der Waals surface area contributed by atoms with Gasteiger partial charge in [-0.3, -0.25) is 33.6 Å². The number of halogens is 2. The summed E-state index contributed by atoms with van der Waals surface area (Å²) in [5.74, 6) is -8.75. The number of phenolic OH excluding ortho intramolecular Hbond substituents is 1. The average molecular weight is 950 g/mol. The molecule has 1 saturated heterocycles. The Morgan fingerprint density at radius 3 is 1.75 bits per heavy atom. The molecule has 59 heavy (non-hydrogen) atoms. The topological polar surface area (TPSA) is 278 Å². The minimum Gasteiger partial charge on any atom is -0.506 e. The van der Waals surface area contributed by atoms with E-state index in [1.807, 2.05) is 12.2 Å². The summed E-state index contributed by atoms with van der Waals surface area (Å²) in [5.41, 5.74) is 11.6. The molecule has 0 unspecified atom stereocenters. The van der Waals surface area contributed by atoms with Gasteiger partial charge in [0.05, 0.1) is 21.8 Å². The second kappa shape index (κ2) is 24.4. The molecule has 1 aromatic carbocycles. The molecule has 0 aliphatic carbocycles. The van der Waals surface area contributed by atoms with E-state index in [-0.39, 0.29) is 5.75 Å². The van der Waals surface area contributed by atoms with Gasteiger partial charge in [-0.1, -0.05) is 88.8 Å². The van der Waals surface area contributed by atoms with Crippen LogP contribution in [0.3, 0.4) is 0 Å². The van der Waals surface area contributed by atoms with Crippen molar-refractivity contribution in [1.82, 2.24) is 26.6 Å². The van der Waals surface area contributed by atoms with Crippen molar-refractivity contribution in [3.8, 4) is 5.75 Å². The van der Waals surface area contributed by atoms with Crippen LogP contribution in [0.2, 0.25) is 0 Å². The van der Waals surface area contributed by atoms with E-state index in [2.05, 4.69) is 58.4 Å². The van der Waals surface area contributed by atoms with Gasteiger partial charge in [0.15, 0.2) is 0 Å². The van der Waals surface area contributed by atoms with E-state index in [4.69, 9.17) is 16.2 Å². The first-order chi connectivity index (χ1) is 27.7. The van der Waals surface area contributed by atoms with Crippen molar-refractivity contribution in [2.45, 2.75) is 90.2 Å². The molecule has 0 radical (unpaired) electrons. The molecule has 0 saturated carbocycles. The van der Waals surface area contributed by atoms with Gasteiger partial charge in [-0.25, -0.2) is 4.79 Å². The fourth-order valence-electron chi connectivity index (χ4n) is 5.35. The van der Waals surface area contributed by atoms with E-state index in [1.165, 1.54) is 13.0 Å². The maximum atomic E-state index is 13.8. The summed E-state index contributed by atoms with van der Waals surface area (Å²) in [6.07, 6.45) is 13.9. The van der Waals surface area contributed by atoms with Gasteiger partial charge in [0, 0.05) is 6.08 Å². The first-order valence-electron chi connectivity index (χ1n) is 18.6. The molecule has 7 amide bonds. The van der Waals surface area contributed by atoms with Gasteiger partial charge in [-0.15, -0.1) is 0 Å². The number of ether oxygens (including phenoxy) is 1. The van der Waals surface area contributed by atoms with Crippen LogP contribution in [0.25, 0.3) is 6.08 Å². The lowest BCUT2D eigenvalue weighted by atomic mass is 9.98. The number of allylic oxidation sites excluding steroid dienone is 8. The summed E-state index contributed by atoms with van der Waals surface area (Å²) in [5, 5.41) is 22.0. The molecule has 7 atom stereocenters. The summed E-state index contributed by atoms with van der Waals surface area (Å²) in [6, 6.07) is -4.05. The number of amides is 7. The van der Waals surface area contributed by atoms with Crippen LogP contribution >= 0.6 is 31.9 Å². The standard InChI is InChI=1S/C40H51Br2N7O10/c1-6-22(4)33-40(58)59-23(5)34(47-31(52)16-14-12-10-8-7-9-11-13-15-24-17-25(41)35(53)26(42)18-24)39(57)48-32(21(2)3)38(56)46-27(19-29(43)50)36(54)45-28(20-30(44)51)37(55)49-33/h7-18,21-23,27-28,32-34,53H,6,19-20H2,1-5H3,(H2,43,50)(H2,44,51)(H,45,54)(H,46,56)(H,47,52)(H,48,57)(H,49,55)/b8-7+,11-9+,12-10+,15-13+,16-14+/t22-,23-,27+,28+,32+,33+,34+/m1/s1. The Labute approximate surface area is 359 Å². The minimum atomic E-state index is -1.65. The van der Waals surface area contributed by atoms with Crippen molar-refractivity contribution in [3.63, 3.8) is 0 Å². The summed E-state index contributed by atoms with van der Waals surface area (Å²) < 4.78 is 6.75. The van der Waals surface area contributed by atoms with Gasteiger partial charge in [0.1, 0.15) is 42.1 Å². The molecule has 1 fully saturated rings. The number of cyclic esters (lactones) is 1. The fourth-order valence-corrected chi connectivity index (χ4v) is 6.58. The Morgan fingerprint density at radius 1 is 0.763 bits per heavy atom. The molecule has 17 nitrogen and oxygen atoms in total. The highest BCUT2D eigenvalue weighted by molar-refractivity contribution is 9.11. The van der Waals surface area contributed by atoms with Gasteiger partial charge < -0.3 is 47.9 Å². The highest BCUT2D eigenvalue weighted by atomic mass is 79.9. The van der Waals surface area contributed by atoms with Crippen LogP contribution in [0.4, 0.5) is 0 Å². The van der Waals surface area contributed by atoms with Gasteiger partial charge in [0.25, 0.3) is 0 Å². The molecule has 1 aliphatic heterocycles. The highest BCUT2D eigenvalue weighted by Gasteiger charge is 2.39. The van der Waals surface area contributed by atoms with Crippen LogP contribution in [0.15, 0.2) is 75.8 Å². The number of carbonyl (C=O) groups excluding carboxylic acids is 8. The average Bonchev–Trinajstić information content (AvgIpc) is 3.15. The first kappa shape index (κ1) is 49.6. The van der Waals surface area contributed by atoms with E-state index in [1.54, 1.807) is 76.3 Å². The number of esters is 1. The van der Waals surface area contributed by atoms with E-state index in [0.29, 0.717) is 15.4 Å². The van der Waals surface area contributed by atoms with Crippen molar-refractivity contribution in [2.24, 2.45) is 23.3 Å². The SMILES string of the molecule is CC[C@@H](C)[C@@H]1NC(=O)[C@H](CC(N)=O)NC(=O)[C@H](CC(N)=O)NC(=O)[C@H](C(C)C)NC(=O)[C@@H](NC(=O)/C=C/C=C/C=C/C=C/C=C/c2cc(Br)c(O)c(Br)c2)[C@@H](C)OC1=O. The molecule has 320 valence electrons. The third-order valence-corrected chi connectivity index (χ3v) is 10.0. The van der Waals surface area contributed by atoms with Gasteiger partial charge in [-0.2, -0.15) is 0 Å². The number of benzene rings is 1. The molecular weight excluding hydrogens is 898 g/mol. The number of nitrogens with one attached hydrogen (secondary N) is 5. The number of nitrogens with two attached hydrogens (primary N) is 2. The number of hydrogen-bond donors (Lipinski definition) is 8. The van der Waals surface area contributed by atoms with Gasteiger partial charge in [0.2, 0.25) is 41.4 Å². The van der Waals surface area contributed by atoms with Gasteiger partial charge in [-0.05, 0) is 68.3 Å². The molecule has 0 spiro atoms. The van der Waals surface area contributed by atoms with Crippen LogP contribution in [-0.2, 0) is 43.1 Å². The quantitative estimate of drug-likeness (QED) is 0.0763. The molecule has 1 aromatic rings. The number of phenols is 1. The second-order valence-electron chi connectivity index (χ2n) is 13.9. The molecular formula is C40H51Br2N7O10. The molecule has 2 rings (SSSR count).